The van der Waals surface area contributed by atoms with Crippen molar-refractivity contribution in [1.29, 1.82) is 0 Å². The Hall–Kier alpha value is -2.80. The minimum atomic E-state index is -0.678. The summed E-state index contributed by atoms with van der Waals surface area (Å²) in [5.41, 5.74) is 0.514. The smallest absolute Gasteiger partial charge is 0.357 e. The number of ether oxygens (including phenoxy) is 1. The van der Waals surface area contributed by atoms with Crippen molar-refractivity contribution in [2.45, 2.75) is 13.5 Å². The number of carbonyl (C=O) groups excluding carboxylic acids is 1. The van der Waals surface area contributed by atoms with E-state index in [1.54, 1.807) is 12.2 Å². The molecule has 1 heterocycles. The number of carbonyl (C=O) groups is 1. The summed E-state index contributed by atoms with van der Waals surface area (Å²) in [6.45, 7) is 2.13. The van der Waals surface area contributed by atoms with Crippen LogP contribution in [0.2, 0.25) is 0 Å². The third-order valence-electron chi connectivity index (χ3n) is 3.21. The highest BCUT2D eigenvalue weighted by molar-refractivity contribution is 7.71. The van der Waals surface area contributed by atoms with E-state index in [0.717, 1.165) is 5.56 Å². The number of benzene rings is 1. The lowest BCUT2D eigenvalue weighted by Gasteiger charge is -2.12. The molecule has 2 aromatic rings. The number of methoxy groups -OCH3 is 1. The number of nitrogens with zero attached hydrogens (tertiary/aromatic N) is 3. The first kappa shape index (κ1) is 17.6. The molecule has 0 aliphatic rings. The monoisotopic (exact) mass is 343 g/mol. The van der Waals surface area contributed by atoms with Crippen LogP contribution in [0.5, 0.6) is 0 Å². The molecule has 0 radical (unpaired) electrons. The summed E-state index contributed by atoms with van der Waals surface area (Å²) in [5, 5.41) is 4.15. The molecular formula is C17H17N3O3S. The largest absolute Gasteiger partial charge is 0.464 e. The molecule has 0 spiro atoms. The molecule has 2 rings (SSSR count). The molecule has 24 heavy (non-hydrogen) atoms. The average molecular weight is 343 g/mol. The Bertz CT molecular complexity index is 896. The van der Waals surface area contributed by atoms with Gasteiger partial charge in [0.05, 0.1) is 13.7 Å². The second kappa shape index (κ2) is 8.16. The van der Waals surface area contributed by atoms with Gasteiger partial charge < -0.3 is 4.74 Å². The van der Waals surface area contributed by atoms with E-state index in [2.05, 4.69) is 5.10 Å². The second-order valence-corrected chi connectivity index (χ2v) is 5.18. The Morgan fingerprint density at radius 1 is 1.33 bits per heavy atom. The van der Waals surface area contributed by atoms with Crippen molar-refractivity contribution in [3.05, 3.63) is 74.9 Å². The van der Waals surface area contributed by atoms with Crippen molar-refractivity contribution in [3.8, 4) is 0 Å². The fraction of sp³-hybridized carbons (Fsp3) is 0.176. The molecule has 0 bridgehead atoms. The van der Waals surface area contributed by atoms with E-state index in [1.165, 1.54) is 28.6 Å². The molecular weight excluding hydrogens is 326 g/mol. The van der Waals surface area contributed by atoms with Crippen LogP contribution in [-0.4, -0.2) is 28.5 Å². The molecule has 0 aliphatic heterocycles. The highest BCUT2D eigenvalue weighted by Crippen LogP contribution is 2.06. The van der Waals surface area contributed by atoms with E-state index in [-0.39, 0.29) is 16.0 Å². The summed E-state index contributed by atoms with van der Waals surface area (Å²) in [5.74, 6) is -0.678. The van der Waals surface area contributed by atoms with Crippen LogP contribution in [-0.2, 0) is 11.3 Å². The number of esters is 1. The molecule has 6 nitrogen and oxygen atoms in total. The first-order valence-corrected chi connectivity index (χ1v) is 7.64. The molecule has 0 aliphatic carbocycles. The summed E-state index contributed by atoms with van der Waals surface area (Å²) in [6.07, 6.45) is 4.96. The minimum Gasteiger partial charge on any atom is -0.464 e. The third-order valence-corrected chi connectivity index (χ3v) is 3.60. The predicted molar refractivity (Wildman–Crippen MR) is 95.1 cm³/mol. The van der Waals surface area contributed by atoms with Crippen molar-refractivity contribution in [2.24, 2.45) is 5.10 Å². The van der Waals surface area contributed by atoms with Gasteiger partial charge in [-0.2, -0.15) is 9.78 Å². The Balaban J connectivity index is 2.61. The van der Waals surface area contributed by atoms with Crippen LogP contribution in [0.15, 0.2) is 58.4 Å². The normalized spacial score (nSPS) is 11.2. The van der Waals surface area contributed by atoms with Crippen molar-refractivity contribution in [1.82, 2.24) is 9.24 Å². The lowest BCUT2D eigenvalue weighted by Crippen LogP contribution is -2.28. The molecule has 1 aromatic heterocycles. The third kappa shape index (κ3) is 3.94. The lowest BCUT2D eigenvalue weighted by molar-refractivity contribution is 0.0587. The maximum atomic E-state index is 12.4. The fourth-order valence-corrected chi connectivity index (χ4v) is 2.33. The first-order chi connectivity index (χ1) is 11.6. The van der Waals surface area contributed by atoms with Gasteiger partial charge in [0.25, 0.3) is 5.56 Å². The summed E-state index contributed by atoms with van der Waals surface area (Å²) in [6, 6.07) is 10.6. The van der Waals surface area contributed by atoms with Crippen LogP contribution in [0.25, 0.3) is 0 Å². The summed E-state index contributed by atoms with van der Waals surface area (Å²) in [4.78, 5) is 24.3. The van der Waals surface area contributed by atoms with Gasteiger partial charge in [-0.1, -0.05) is 36.4 Å². The van der Waals surface area contributed by atoms with E-state index in [4.69, 9.17) is 17.0 Å². The number of allylic oxidation sites excluding steroid dienone is 2. The van der Waals surface area contributed by atoms with Gasteiger partial charge in [-0.15, -0.1) is 0 Å². The Labute approximate surface area is 144 Å². The van der Waals surface area contributed by atoms with Crippen LogP contribution in [0.4, 0.5) is 0 Å². The molecule has 0 saturated carbocycles. The van der Waals surface area contributed by atoms with Crippen molar-refractivity contribution < 1.29 is 9.53 Å². The van der Waals surface area contributed by atoms with Crippen LogP contribution in [0, 0.1) is 4.77 Å². The van der Waals surface area contributed by atoms with Gasteiger partial charge in [0, 0.05) is 12.3 Å². The zero-order valence-corrected chi connectivity index (χ0v) is 14.2. The molecule has 0 unspecified atom stereocenters. The standard InChI is InChI=1S/C17H17N3O3S/c1-3-4-10-18-20-14(16(22)23-2)11-15(21)19(17(20)24)12-13-8-6-5-7-9-13/h3-11H,12H2,1-2H3/b4-3+,18-10+. The number of hydrogen-bond acceptors (Lipinski definition) is 5. The molecule has 0 fully saturated rings. The molecule has 7 heteroatoms. The first-order valence-electron chi connectivity index (χ1n) is 7.23. The van der Waals surface area contributed by atoms with Gasteiger partial charge in [0.1, 0.15) is 0 Å². The van der Waals surface area contributed by atoms with E-state index in [0.29, 0.717) is 6.54 Å². The van der Waals surface area contributed by atoms with E-state index in [9.17, 15) is 9.59 Å². The fourth-order valence-electron chi connectivity index (χ4n) is 2.03. The quantitative estimate of drug-likeness (QED) is 0.475. The maximum absolute atomic E-state index is 12.4. The molecule has 1 aromatic carbocycles. The SMILES string of the molecule is C/C=C/C=N/n1c(C(=O)OC)cc(=O)n(Cc2ccccc2)c1=S. The van der Waals surface area contributed by atoms with Crippen LogP contribution < -0.4 is 5.56 Å². The lowest BCUT2D eigenvalue weighted by atomic mass is 10.2. The van der Waals surface area contributed by atoms with Gasteiger partial charge in [0.2, 0.25) is 4.77 Å². The van der Waals surface area contributed by atoms with E-state index < -0.39 is 5.97 Å². The van der Waals surface area contributed by atoms with Gasteiger partial charge >= 0.3 is 5.97 Å². The Kier molecular flexibility index (Phi) is 5.97. The molecule has 0 atom stereocenters. The number of aromatic nitrogens is 2. The van der Waals surface area contributed by atoms with Gasteiger partial charge in [-0.25, -0.2) is 4.79 Å². The molecule has 0 amide bonds. The van der Waals surface area contributed by atoms with Crippen molar-refractivity contribution >= 4 is 24.4 Å². The zero-order valence-electron chi connectivity index (χ0n) is 13.4. The van der Waals surface area contributed by atoms with Gasteiger partial charge in [-0.3, -0.25) is 9.36 Å². The Morgan fingerprint density at radius 3 is 2.67 bits per heavy atom. The second-order valence-electron chi connectivity index (χ2n) is 4.82. The Morgan fingerprint density at radius 2 is 2.04 bits per heavy atom. The molecule has 124 valence electrons. The van der Waals surface area contributed by atoms with E-state index in [1.807, 2.05) is 37.3 Å². The highest BCUT2D eigenvalue weighted by atomic mass is 32.1. The summed E-state index contributed by atoms with van der Waals surface area (Å²) in [7, 11) is 1.24. The van der Waals surface area contributed by atoms with Gasteiger partial charge in [-0.05, 0) is 30.8 Å². The van der Waals surface area contributed by atoms with E-state index >= 15 is 0 Å². The maximum Gasteiger partial charge on any atom is 0.357 e. The highest BCUT2D eigenvalue weighted by Gasteiger charge is 2.15. The van der Waals surface area contributed by atoms with Gasteiger partial charge in [0.15, 0.2) is 5.69 Å². The minimum absolute atomic E-state index is 0.0161. The predicted octanol–water partition coefficient (Wildman–Crippen LogP) is 2.62. The van der Waals surface area contributed by atoms with Crippen molar-refractivity contribution in [2.75, 3.05) is 7.11 Å². The van der Waals surface area contributed by atoms with Crippen LogP contribution in [0.3, 0.4) is 0 Å². The average Bonchev–Trinajstić information content (AvgIpc) is 2.60. The number of rotatable bonds is 5. The zero-order chi connectivity index (χ0) is 17.5. The summed E-state index contributed by atoms with van der Waals surface area (Å²) < 4.78 is 7.43. The summed E-state index contributed by atoms with van der Waals surface area (Å²) >= 11 is 5.36. The van der Waals surface area contributed by atoms with Crippen LogP contribution in [0.1, 0.15) is 23.0 Å². The molecule has 0 saturated heterocycles. The molecule has 0 N–H and O–H groups in total. The van der Waals surface area contributed by atoms with Crippen molar-refractivity contribution in [3.63, 3.8) is 0 Å². The van der Waals surface area contributed by atoms with Crippen LogP contribution >= 0.6 is 12.2 Å². The topological polar surface area (TPSA) is 65.6 Å². The number of hydrogen-bond donors (Lipinski definition) is 0.